The van der Waals surface area contributed by atoms with E-state index in [-0.39, 0.29) is 35.8 Å². The van der Waals surface area contributed by atoms with Crippen molar-refractivity contribution in [3.8, 4) is 22.6 Å². The van der Waals surface area contributed by atoms with Crippen LogP contribution in [-0.4, -0.2) is 13.2 Å². The third kappa shape index (κ3) is 2.58. The second kappa shape index (κ2) is 5.15. The van der Waals surface area contributed by atoms with E-state index in [2.05, 4.69) is 0 Å². The van der Waals surface area contributed by atoms with Crippen LogP contribution < -0.4 is 9.47 Å². The van der Waals surface area contributed by atoms with E-state index >= 15 is 0 Å². The van der Waals surface area contributed by atoms with Crippen LogP contribution in [0.1, 0.15) is 5.56 Å². The average molecular weight is 316 g/mol. The molecule has 7 heteroatoms. The number of ether oxygens (including phenoxy) is 2. The molecule has 0 saturated carbocycles. The monoisotopic (exact) mass is 316 g/mol. The molecule has 0 bridgehead atoms. The van der Waals surface area contributed by atoms with Gasteiger partial charge < -0.3 is 9.47 Å². The highest BCUT2D eigenvalue weighted by Crippen LogP contribution is 2.45. The van der Waals surface area contributed by atoms with E-state index in [1.54, 1.807) is 0 Å². The van der Waals surface area contributed by atoms with Crippen molar-refractivity contribution in [1.82, 2.24) is 0 Å². The zero-order valence-corrected chi connectivity index (χ0v) is 11.0. The molecule has 0 atom stereocenters. The predicted octanol–water partition coefficient (Wildman–Crippen LogP) is 4.42. The van der Waals surface area contributed by atoms with Gasteiger partial charge in [-0.2, -0.15) is 13.2 Å². The molecule has 116 valence electrons. The lowest BCUT2D eigenvalue weighted by atomic mass is 9.97. The van der Waals surface area contributed by atoms with Gasteiger partial charge in [0.25, 0.3) is 0 Å². The van der Waals surface area contributed by atoms with Gasteiger partial charge in [0.2, 0.25) is 0 Å². The summed E-state index contributed by atoms with van der Waals surface area (Å²) in [6.45, 7) is 0.305. The first-order valence-electron chi connectivity index (χ1n) is 6.32. The van der Waals surface area contributed by atoms with Crippen LogP contribution >= 0.6 is 0 Å². The molecular formula is C15H9F5O2. The molecule has 0 radical (unpaired) electrons. The van der Waals surface area contributed by atoms with Crippen molar-refractivity contribution in [2.45, 2.75) is 6.18 Å². The van der Waals surface area contributed by atoms with Gasteiger partial charge >= 0.3 is 6.18 Å². The Labute approximate surface area is 122 Å². The maximum atomic E-state index is 13.7. The second-order valence-corrected chi connectivity index (χ2v) is 4.67. The largest absolute Gasteiger partial charge is 0.486 e. The zero-order chi connectivity index (χ0) is 15.9. The Kier molecular flexibility index (Phi) is 3.42. The van der Waals surface area contributed by atoms with Crippen molar-refractivity contribution in [1.29, 1.82) is 0 Å². The second-order valence-electron chi connectivity index (χ2n) is 4.67. The number of hydrogen-bond acceptors (Lipinski definition) is 2. The maximum absolute atomic E-state index is 13.7. The van der Waals surface area contributed by atoms with Gasteiger partial charge in [0.15, 0.2) is 11.5 Å². The van der Waals surface area contributed by atoms with E-state index in [1.165, 1.54) is 0 Å². The molecule has 0 aliphatic carbocycles. The smallest absolute Gasteiger partial charge is 0.417 e. The number of rotatable bonds is 1. The SMILES string of the molecule is Fc1cc2c(c(-c3ccc(F)cc3C(F)(F)F)c1)OCCO2. The molecule has 0 amide bonds. The Morgan fingerprint density at radius 3 is 2.27 bits per heavy atom. The number of halogens is 5. The van der Waals surface area contributed by atoms with E-state index in [0.717, 1.165) is 24.3 Å². The normalized spacial score (nSPS) is 14.0. The summed E-state index contributed by atoms with van der Waals surface area (Å²) in [5.41, 5.74) is -1.69. The van der Waals surface area contributed by atoms with E-state index < -0.39 is 23.4 Å². The highest BCUT2D eigenvalue weighted by Gasteiger charge is 2.35. The number of benzene rings is 2. The molecule has 0 fully saturated rings. The molecule has 1 aliphatic heterocycles. The van der Waals surface area contributed by atoms with Crippen molar-refractivity contribution in [2.75, 3.05) is 13.2 Å². The van der Waals surface area contributed by atoms with Gasteiger partial charge in [-0.1, -0.05) is 6.07 Å². The van der Waals surface area contributed by atoms with Crippen molar-refractivity contribution in [3.05, 3.63) is 47.5 Å². The van der Waals surface area contributed by atoms with Crippen LogP contribution in [0.2, 0.25) is 0 Å². The summed E-state index contributed by atoms with van der Waals surface area (Å²) in [5.74, 6) is -1.75. The van der Waals surface area contributed by atoms with Gasteiger partial charge in [-0.25, -0.2) is 8.78 Å². The molecule has 2 aromatic carbocycles. The van der Waals surface area contributed by atoms with Crippen molar-refractivity contribution in [2.24, 2.45) is 0 Å². The number of fused-ring (bicyclic) bond motifs is 1. The maximum Gasteiger partial charge on any atom is 0.417 e. The van der Waals surface area contributed by atoms with Crippen LogP contribution in [0.5, 0.6) is 11.5 Å². The van der Waals surface area contributed by atoms with Gasteiger partial charge in [-0.15, -0.1) is 0 Å². The molecule has 0 aromatic heterocycles. The van der Waals surface area contributed by atoms with Crippen molar-refractivity contribution < 1.29 is 31.4 Å². The van der Waals surface area contributed by atoms with Crippen LogP contribution in [0, 0.1) is 11.6 Å². The lowest BCUT2D eigenvalue weighted by molar-refractivity contribution is -0.137. The quantitative estimate of drug-likeness (QED) is 0.725. The van der Waals surface area contributed by atoms with Gasteiger partial charge in [-0.05, 0) is 23.8 Å². The first-order valence-corrected chi connectivity index (χ1v) is 6.32. The summed E-state index contributed by atoms with van der Waals surface area (Å²) >= 11 is 0. The molecule has 0 spiro atoms. The molecule has 0 N–H and O–H groups in total. The topological polar surface area (TPSA) is 18.5 Å². The minimum absolute atomic E-state index is 0.0183. The van der Waals surface area contributed by atoms with Crippen LogP contribution in [0.25, 0.3) is 11.1 Å². The first-order chi connectivity index (χ1) is 10.4. The molecule has 0 unspecified atom stereocenters. The van der Waals surface area contributed by atoms with E-state index in [4.69, 9.17) is 9.47 Å². The minimum atomic E-state index is -4.79. The number of alkyl halides is 3. The molecule has 2 nitrogen and oxygen atoms in total. The fraction of sp³-hybridized carbons (Fsp3) is 0.200. The third-order valence-corrected chi connectivity index (χ3v) is 3.18. The van der Waals surface area contributed by atoms with E-state index in [0.29, 0.717) is 6.07 Å². The van der Waals surface area contributed by atoms with E-state index in [1.807, 2.05) is 0 Å². The van der Waals surface area contributed by atoms with Crippen LogP contribution in [-0.2, 0) is 6.18 Å². The van der Waals surface area contributed by atoms with Gasteiger partial charge in [0.1, 0.15) is 24.8 Å². The minimum Gasteiger partial charge on any atom is -0.486 e. The third-order valence-electron chi connectivity index (χ3n) is 3.18. The van der Waals surface area contributed by atoms with Gasteiger partial charge in [-0.3, -0.25) is 0 Å². The predicted molar refractivity (Wildman–Crippen MR) is 67.8 cm³/mol. The Hall–Kier alpha value is -2.31. The molecule has 1 aliphatic rings. The highest BCUT2D eigenvalue weighted by atomic mass is 19.4. The van der Waals surface area contributed by atoms with Crippen LogP contribution in [0.3, 0.4) is 0 Å². The summed E-state index contributed by atoms with van der Waals surface area (Å²) in [6, 6.07) is 4.15. The standard InChI is InChI=1S/C15H9F5O2/c16-8-1-2-10(12(6-8)15(18,19)20)11-5-9(17)7-13-14(11)22-4-3-21-13/h1-2,5-7H,3-4H2. The molecule has 1 heterocycles. The summed E-state index contributed by atoms with van der Waals surface area (Å²) in [4.78, 5) is 0. The summed E-state index contributed by atoms with van der Waals surface area (Å²) in [6.07, 6.45) is -4.79. The van der Waals surface area contributed by atoms with Gasteiger partial charge in [0, 0.05) is 11.6 Å². The van der Waals surface area contributed by atoms with E-state index in [9.17, 15) is 22.0 Å². The van der Waals surface area contributed by atoms with Crippen molar-refractivity contribution >= 4 is 0 Å². The van der Waals surface area contributed by atoms with Gasteiger partial charge in [0.05, 0.1) is 5.56 Å². The molecule has 3 rings (SSSR count). The van der Waals surface area contributed by atoms with Crippen LogP contribution in [0.4, 0.5) is 22.0 Å². The Bertz CT molecular complexity index is 725. The van der Waals surface area contributed by atoms with Crippen molar-refractivity contribution in [3.63, 3.8) is 0 Å². The van der Waals surface area contributed by atoms with Crippen LogP contribution in [0.15, 0.2) is 30.3 Å². The molecule has 22 heavy (non-hydrogen) atoms. The summed E-state index contributed by atoms with van der Waals surface area (Å²) in [5, 5.41) is 0. The molecule has 2 aromatic rings. The highest BCUT2D eigenvalue weighted by molar-refractivity contribution is 5.77. The number of hydrogen-bond donors (Lipinski definition) is 0. The fourth-order valence-corrected chi connectivity index (χ4v) is 2.31. The Balaban J connectivity index is 2.26. The molecular weight excluding hydrogens is 307 g/mol. The Morgan fingerprint density at radius 1 is 0.818 bits per heavy atom. The Morgan fingerprint density at radius 2 is 1.55 bits per heavy atom. The summed E-state index contributed by atoms with van der Waals surface area (Å²) < 4.78 is 76.7. The first kappa shape index (κ1) is 14.6. The summed E-state index contributed by atoms with van der Waals surface area (Å²) in [7, 11) is 0. The fourth-order valence-electron chi connectivity index (χ4n) is 2.31. The lowest BCUT2D eigenvalue weighted by Gasteiger charge is -2.22. The zero-order valence-electron chi connectivity index (χ0n) is 11.0. The average Bonchev–Trinajstić information content (AvgIpc) is 2.45. The lowest BCUT2D eigenvalue weighted by Crippen LogP contribution is -2.17. The molecule has 0 saturated heterocycles.